The van der Waals surface area contributed by atoms with Crippen molar-refractivity contribution in [1.82, 2.24) is 14.9 Å². The molecule has 0 bridgehead atoms. The third kappa shape index (κ3) is 5.45. The van der Waals surface area contributed by atoms with E-state index in [0.29, 0.717) is 49.8 Å². The molecule has 0 saturated carbocycles. The van der Waals surface area contributed by atoms with Crippen LogP contribution < -0.4 is 15.0 Å². The predicted molar refractivity (Wildman–Crippen MR) is 130 cm³/mol. The lowest BCUT2D eigenvalue weighted by atomic mass is 9.84. The van der Waals surface area contributed by atoms with Gasteiger partial charge in [-0.15, -0.1) is 0 Å². The first-order valence-corrected chi connectivity index (χ1v) is 11.7. The highest BCUT2D eigenvalue weighted by Crippen LogP contribution is 2.36. The standard InChI is InChI=1S/C24H33FN6O3/c1-16-11-17(14-26)21(12-19(16)18-3-4-30(5-8-32)15-20(18)25)27-22-13-23(29-24(28-22)33-2)31-6-9-34-10-7-31/h11-14,18,20,26,32H,3-10,15H2,1-2H3,(H,27,28,29). The SMILES string of the molecule is COc1nc(Nc2cc(C3CCN(CCO)CC3F)c(C)cc2C=N)cc(N2CCOCC2)n1. The Morgan fingerprint density at radius 2 is 2.06 bits per heavy atom. The van der Waals surface area contributed by atoms with Gasteiger partial charge in [-0.2, -0.15) is 9.97 Å². The number of halogens is 1. The minimum absolute atomic E-state index is 0.0351. The van der Waals surface area contributed by atoms with Crippen molar-refractivity contribution in [3.63, 3.8) is 0 Å². The van der Waals surface area contributed by atoms with Gasteiger partial charge in [-0.05, 0) is 43.1 Å². The van der Waals surface area contributed by atoms with Crippen LogP contribution in [0.3, 0.4) is 0 Å². The van der Waals surface area contributed by atoms with Crippen molar-refractivity contribution in [3.05, 3.63) is 34.9 Å². The summed E-state index contributed by atoms with van der Waals surface area (Å²) in [5, 5.41) is 20.4. The van der Waals surface area contributed by atoms with Gasteiger partial charge in [0.1, 0.15) is 17.8 Å². The number of aryl methyl sites for hydroxylation is 1. The first kappa shape index (κ1) is 24.3. The molecule has 2 aliphatic rings. The molecule has 3 heterocycles. The fraction of sp³-hybridized carbons (Fsp3) is 0.542. The first-order valence-electron chi connectivity index (χ1n) is 11.7. The number of piperidine rings is 1. The monoisotopic (exact) mass is 472 g/mol. The minimum atomic E-state index is -1.02. The van der Waals surface area contributed by atoms with Gasteiger partial charge in [0.15, 0.2) is 0 Å². The number of benzene rings is 1. The third-order valence-electron chi connectivity index (χ3n) is 6.51. The number of morpholine rings is 1. The Bertz CT molecular complexity index is 1000. The Hall–Kier alpha value is -2.82. The number of nitrogens with zero attached hydrogens (tertiary/aromatic N) is 4. The molecule has 0 amide bonds. The summed E-state index contributed by atoms with van der Waals surface area (Å²) in [4.78, 5) is 13.0. The minimum Gasteiger partial charge on any atom is -0.467 e. The summed E-state index contributed by atoms with van der Waals surface area (Å²) >= 11 is 0. The number of alkyl halides is 1. The van der Waals surface area contributed by atoms with E-state index in [1.807, 2.05) is 30.0 Å². The molecule has 2 aliphatic heterocycles. The van der Waals surface area contributed by atoms with E-state index in [2.05, 4.69) is 20.2 Å². The Kier molecular flexibility index (Phi) is 7.91. The highest BCUT2D eigenvalue weighted by atomic mass is 19.1. The van der Waals surface area contributed by atoms with E-state index in [1.54, 1.807) is 0 Å². The van der Waals surface area contributed by atoms with E-state index in [-0.39, 0.29) is 18.5 Å². The highest BCUT2D eigenvalue weighted by Gasteiger charge is 2.31. The second-order valence-electron chi connectivity index (χ2n) is 8.70. The van der Waals surface area contributed by atoms with Crippen LogP contribution in [0.1, 0.15) is 29.0 Å². The van der Waals surface area contributed by atoms with Crippen molar-refractivity contribution in [3.8, 4) is 6.01 Å². The lowest BCUT2D eigenvalue weighted by molar-refractivity contribution is 0.0994. The summed E-state index contributed by atoms with van der Waals surface area (Å²) in [6, 6.07) is 5.96. The topological polar surface area (TPSA) is 107 Å². The second kappa shape index (κ2) is 11.1. The molecule has 2 unspecified atom stereocenters. The number of hydrogen-bond donors (Lipinski definition) is 3. The van der Waals surface area contributed by atoms with Crippen LogP contribution in [0.15, 0.2) is 18.2 Å². The number of nitrogens with one attached hydrogen (secondary N) is 2. The first-order chi connectivity index (χ1) is 16.5. The van der Waals surface area contributed by atoms with Crippen LogP contribution in [0.4, 0.5) is 21.7 Å². The number of ether oxygens (including phenoxy) is 2. The molecule has 2 fully saturated rings. The zero-order valence-corrected chi connectivity index (χ0v) is 19.8. The van der Waals surface area contributed by atoms with E-state index < -0.39 is 6.17 Å². The fourth-order valence-corrected chi connectivity index (χ4v) is 4.70. The molecule has 0 radical (unpaired) electrons. The summed E-state index contributed by atoms with van der Waals surface area (Å²) in [5.74, 6) is 1.04. The van der Waals surface area contributed by atoms with E-state index in [4.69, 9.17) is 14.9 Å². The van der Waals surface area contributed by atoms with Gasteiger partial charge >= 0.3 is 6.01 Å². The van der Waals surface area contributed by atoms with Crippen LogP contribution in [0.5, 0.6) is 6.01 Å². The van der Waals surface area contributed by atoms with Crippen LogP contribution in [0.2, 0.25) is 0 Å². The molecule has 0 aliphatic carbocycles. The van der Waals surface area contributed by atoms with Gasteiger partial charge in [0.05, 0.1) is 26.9 Å². The average Bonchev–Trinajstić information content (AvgIpc) is 2.86. The average molecular weight is 473 g/mol. The lowest BCUT2D eigenvalue weighted by Crippen LogP contribution is -2.42. The maximum absolute atomic E-state index is 15.1. The molecule has 0 spiro atoms. The summed E-state index contributed by atoms with van der Waals surface area (Å²) in [6.45, 7) is 6.27. The summed E-state index contributed by atoms with van der Waals surface area (Å²) in [5.41, 5.74) is 3.27. The van der Waals surface area contributed by atoms with Crippen molar-refractivity contribution in [2.45, 2.75) is 25.4 Å². The zero-order chi connectivity index (χ0) is 24.1. The largest absolute Gasteiger partial charge is 0.467 e. The molecule has 9 nitrogen and oxygen atoms in total. The van der Waals surface area contributed by atoms with E-state index in [1.165, 1.54) is 13.3 Å². The maximum Gasteiger partial charge on any atom is 0.320 e. The highest BCUT2D eigenvalue weighted by molar-refractivity contribution is 5.88. The van der Waals surface area contributed by atoms with Crippen molar-refractivity contribution < 1.29 is 19.0 Å². The smallest absolute Gasteiger partial charge is 0.320 e. The molecule has 1 aromatic heterocycles. The lowest BCUT2D eigenvalue weighted by Gasteiger charge is -2.35. The molecular weight excluding hydrogens is 439 g/mol. The van der Waals surface area contributed by atoms with Crippen molar-refractivity contribution in [2.24, 2.45) is 0 Å². The van der Waals surface area contributed by atoms with Gasteiger partial charge in [0.2, 0.25) is 0 Å². The van der Waals surface area contributed by atoms with Crippen molar-refractivity contribution in [1.29, 1.82) is 5.41 Å². The summed E-state index contributed by atoms with van der Waals surface area (Å²) in [7, 11) is 1.53. The number of β-amino-alcohol motifs (C(OH)–C–C–N with tert-alkyl or cyclic N) is 1. The van der Waals surface area contributed by atoms with Crippen LogP contribution in [0.25, 0.3) is 0 Å². The van der Waals surface area contributed by atoms with Gasteiger partial charge in [0.25, 0.3) is 0 Å². The van der Waals surface area contributed by atoms with Crippen LogP contribution in [-0.4, -0.2) is 92.0 Å². The van der Waals surface area contributed by atoms with Crippen LogP contribution >= 0.6 is 0 Å². The number of anilines is 3. The molecule has 2 atom stereocenters. The third-order valence-corrected chi connectivity index (χ3v) is 6.51. The summed E-state index contributed by atoms with van der Waals surface area (Å²) in [6.07, 6.45) is 0.940. The molecular formula is C24H33FN6O3. The van der Waals surface area contributed by atoms with Gasteiger partial charge < -0.3 is 30.2 Å². The maximum atomic E-state index is 15.1. The molecule has 2 saturated heterocycles. The normalized spacial score (nSPS) is 21.4. The molecule has 3 N–H and O–H groups in total. The Balaban J connectivity index is 1.62. The number of aliphatic hydroxyl groups excluding tert-OH is 1. The number of aromatic nitrogens is 2. The summed E-state index contributed by atoms with van der Waals surface area (Å²) < 4.78 is 25.9. The zero-order valence-electron chi connectivity index (χ0n) is 19.8. The van der Waals surface area contributed by atoms with Gasteiger partial charge in [0, 0.05) is 55.6 Å². The second-order valence-corrected chi connectivity index (χ2v) is 8.70. The quantitative estimate of drug-likeness (QED) is 0.503. The Morgan fingerprint density at radius 1 is 1.26 bits per heavy atom. The fourth-order valence-electron chi connectivity index (χ4n) is 4.70. The molecule has 34 heavy (non-hydrogen) atoms. The predicted octanol–water partition coefficient (Wildman–Crippen LogP) is 2.49. The van der Waals surface area contributed by atoms with Gasteiger partial charge in [-0.1, -0.05) is 0 Å². The Morgan fingerprint density at radius 3 is 2.74 bits per heavy atom. The van der Waals surface area contributed by atoms with Crippen LogP contribution in [0, 0.1) is 12.3 Å². The molecule has 10 heteroatoms. The molecule has 2 aromatic rings. The molecule has 1 aromatic carbocycles. The van der Waals surface area contributed by atoms with Gasteiger partial charge in [-0.25, -0.2) is 4.39 Å². The number of hydrogen-bond acceptors (Lipinski definition) is 9. The van der Waals surface area contributed by atoms with Crippen LogP contribution in [-0.2, 0) is 4.74 Å². The van der Waals surface area contributed by atoms with E-state index in [0.717, 1.165) is 36.6 Å². The van der Waals surface area contributed by atoms with E-state index >= 15 is 4.39 Å². The van der Waals surface area contributed by atoms with Crippen molar-refractivity contribution in [2.75, 3.05) is 69.9 Å². The number of methoxy groups -OCH3 is 1. The van der Waals surface area contributed by atoms with Crippen molar-refractivity contribution >= 4 is 23.5 Å². The number of likely N-dealkylation sites (tertiary alicyclic amines) is 1. The number of rotatable bonds is 8. The van der Waals surface area contributed by atoms with E-state index in [9.17, 15) is 5.11 Å². The number of aliphatic hydroxyl groups is 1. The molecule has 184 valence electrons. The Labute approximate surface area is 199 Å². The molecule has 4 rings (SSSR count). The van der Waals surface area contributed by atoms with Gasteiger partial charge in [-0.3, -0.25) is 4.90 Å².